The summed E-state index contributed by atoms with van der Waals surface area (Å²) in [6.45, 7) is 3.31. The van der Waals surface area contributed by atoms with Crippen molar-refractivity contribution in [3.8, 4) is 0 Å². The Morgan fingerprint density at radius 2 is 0.776 bits per heavy atom. The number of phosphoric ester groups is 1. The zero-order valence-corrected chi connectivity index (χ0v) is 43.1. The number of carbonyl (C=O) groups is 2. The first kappa shape index (κ1) is 63.3. The molecule has 1 fully saturated rings. The van der Waals surface area contributed by atoms with Crippen molar-refractivity contribution in [3.63, 3.8) is 0 Å². The number of aliphatic hydroxyl groups is 5. The Morgan fingerprint density at radius 3 is 1.18 bits per heavy atom. The molecule has 6 N–H and O–H groups in total. The number of ether oxygens (including phenoxy) is 2. The van der Waals surface area contributed by atoms with Crippen molar-refractivity contribution >= 4 is 19.8 Å². The molecule has 8 atom stereocenters. The lowest BCUT2D eigenvalue weighted by Crippen LogP contribution is -2.64. The Labute approximate surface area is 406 Å². The molecule has 0 aromatic carbocycles. The second-order valence-electron chi connectivity index (χ2n) is 19.1. The molecule has 1 aliphatic rings. The molecule has 0 spiro atoms. The molecule has 6 unspecified atom stereocenters. The van der Waals surface area contributed by atoms with Crippen LogP contribution in [-0.2, 0) is 32.7 Å². The van der Waals surface area contributed by atoms with E-state index in [2.05, 4.69) is 38.2 Å². The van der Waals surface area contributed by atoms with Gasteiger partial charge in [0.15, 0.2) is 6.10 Å². The average molecular weight is 975 g/mol. The summed E-state index contributed by atoms with van der Waals surface area (Å²) in [5, 5.41) is 50.3. The molecule has 0 aromatic heterocycles. The first-order valence-corrected chi connectivity index (χ1v) is 28.6. The van der Waals surface area contributed by atoms with Crippen LogP contribution in [0.2, 0.25) is 0 Å². The molecule has 0 aromatic rings. The summed E-state index contributed by atoms with van der Waals surface area (Å²) in [4.78, 5) is 35.8. The van der Waals surface area contributed by atoms with Gasteiger partial charge in [0.1, 0.15) is 43.2 Å². The van der Waals surface area contributed by atoms with Crippen molar-refractivity contribution in [2.24, 2.45) is 0 Å². The van der Waals surface area contributed by atoms with Crippen molar-refractivity contribution in [2.75, 3.05) is 13.2 Å². The molecule has 394 valence electrons. The van der Waals surface area contributed by atoms with Gasteiger partial charge in [0.25, 0.3) is 0 Å². The van der Waals surface area contributed by atoms with Gasteiger partial charge in [0.2, 0.25) is 0 Å². The van der Waals surface area contributed by atoms with Crippen molar-refractivity contribution in [3.05, 3.63) is 24.3 Å². The minimum atomic E-state index is -5.13. The highest BCUT2D eigenvalue weighted by atomic mass is 31.2. The molecule has 0 aliphatic heterocycles. The smallest absolute Gasteiger partial charge is 0.462 e. The van der Waals surface area contributed by atoms with E-state index >= 15 is 0 Å². The van der Waals surface area contributed by atoms with Crippen LogP contribution >= 0.6 is 7.82 Å². The van der Waals surface area contributed by atoms with Gasteiger partial charge in [-0.25, -0.2) is 4.57 Å². The van der Waals surface area contributed by atoms with Crippen LogP contribution in [0, 0.1) is 0 Å². The van der Waals surface area contributed by atoms with Crippen LogP contribution in [0.4, 0.5) is 0 Å². The van der Waals surface area contributed by atoms with E-state index in [0.29, 0.717) is 19.3 Å². The molecule has 14 heteroatoms. The van der Waals surface area contributed by atoms with Crippen molar-refractivity contribution in [1.82, 2.24) is 0 Å². The van der Waals surface area contributed by atoms with E-state index in [1.807, 2.05) is 0 Å². The third kappa shape index (κ3) is 35.1. The monoisotopic (exact) mass is 975 g/mol. The Balaban J connectivity index is 2.37. The van der Waals surface area contributed by atoms with E-state index in [-0.39, 0.29) is 12.8 Å². The number of rotatable bonds is 46. The quantitative estimate of drug-likeness (QED) is 0.0145. The number of hydrogen-bond acceptors (Lipinski definition) is 12. The summed E-state index contributed by atoms with van der Waals surface area (Å²) in [5.74, 6) is -1.14. The Kier molecular flexibility index (Phi) is 40.8. The molecule has 1 aliphatic carbocycles. The Morgan fingerprint density at radius 1 is 0.448 bits per heavy atom. The van der Waals surface area contributed by atoms with Crippen LogP contribution in [0.15, 0.2) is 24.3 Å². The van der Waals surface area contributed by atoms with Gasteiger partial charge < -0.3 is 39.9 Å². The summed E-state index contributed by atoms with van der Waals surface area (Å²) in [7, 11) is -5.13. The topological polar surface area (TPSA) is 210 Å². The maximum Gasteiger partial charge on any atom is 0.472 e. The van der Waals surface area contributed by atoms with Crippen LogP contribution < -0.4 is 0 Å². The van der Waals surface area contributed by atoms with Crippen LogP contribution in [0.1, 0.15) is 245 Å². The Bertz CT molecular complexity index is 1270. The van der Waals surface area contributed by atoms with Crippen molar-refractivity contribution < 1.29 is 63.1 Å². The van der Waals surface area contributed by atoms with E-state index in [1.54, 1.807) is 0 Å². The molecule has 67 heavy (non-hydrogen) atoms. The number of aliphatic hydroxyl groups excluding tert-OH is 5. The second-order valence-corrected chi connectivity index (χ2v) is 20.5. The van der Waals surface area contributed by atoms with Crippen LogP contribution in [0.3, 0.4) is 0 Å². The zero-order valence-electron chi connectivity index (χ0n) is 42.2. The number of allylic oxidation sites excluding steroid dienone is 4. The molecule has 0 amide bonds. The highest BCUT2D eigenvalue weighted by molar-refractivity contribution is 7.47. The molecular weight excluding hydrogens is 876 g/mol. The maximum atomic E-state index is 12.9. The van der Waals surface area contributed by atoms with Gasteiger partial charge in [-0.05, 0) is 57.8 Å². The molecule has 13 nitrogen and oxygen atoms in total. The molecular formula is C53H99O13P. The zero-order chi connectivity index (χ0) is 49.2. The van der Waals surface area contributed by atoms with Gasteiger partial charge in [0, 0.05) is 12.8 Å². The molecule has 1 saturated carbocycles. The molecule has 0 saturated heterocycles. The van der Waals surface area contributed by atoms with E-state index < -0.39 is 75.7 Å². The second kappa shape index (κ2) is 43.1. The van der Waals surface area contributed by atoms with Gasteiger partial charge in [-0.2, -0.15) is 0 Å². The third-order valence-corrected chi connectivity index (χ3v) is 13.8. The summed E-state index contributed by atoms with van der Waals surface area (Å²) in [6, 6.07) is 0. The van der Waals surface area contributed by atoms with Gasteiger partial charge in [0.05, 0.1) is 6.61 Å². The minimum Gasteiger partial charge on any atom is -0.462 e. The largest absolute Gasteiger partial charge is 0.472 e. The maximum absolute atomic E-state index is 12.9. The summed E-state index contributed by atoms with van der Waals surface area (Å²) in [6.07, 6.45) is 36.7. The summed E-state index contributed by atoms with van der Waals surface area (Å²) >= 11 is 0. The van der Waals surface area contributed by atoms with E-state index in [1.165, 1.54) is 148 Å². The number of unbranched alkanes of at least 4 members (excludes halogenated alkanes) is 30. The standard InChI is InChI=1S/C53H99O13P/c1-3-5-7-9-11-13-15-17-19-20-21-22-23-24-25-26-28-30-32-34-36-38-40-42-47(55)65-45(44-64-67(61,62)66-53-51(59)49(57)48(56)50(58)52(53)60)43-63-46(54)41-39-37-35-33-31-29-27-18-16-14-12-10-8-6-4-2/h18,27,34,36,45,48-53,56-60H,3-17,19-26,28-33,35,37-44H2,1-2H3,(H,61,62)/b27-18+,36-34+/t45-,48?,49-,50?,51?,52?,53?/m1/s1. The fraction of sp³-hybridized carbons (Fsp3) is 0.887. The number of hydrogen-bond donors (Lipinski definition) is 6. The van der Waals surface area contributed by atoms with Gasteiger partial charge in [-0.1, -0.05) is 199 Å². The van der Waals surface area contributed by atoms with Crippen LogP contribution in [0.25, 0.3) is 0 Å². The fourth-order valence-electron chi connectivity index (χ4n) is 8.41. The first-order valence-electron chi connectivity index (χ1n) is 27.1. The van der Waals surface area contributed by atoms with Gasteiger partial charge in [-0.3, -0.25) is 18.6 Å². The molecule has 0 heterocycles. The summed E-state index contributed by atoms with van der Waals surface area (Å²) < 4.78 is 33.6. The lowest BCUT2D eigenvalue weighted by molar-refractivity contribution is -0.220. The fourth-order valence-corrected chi connectivity index (χ4v) is 9.38. The number of phosphoric acid groups is 1. The SMILES string of the molecule is CCCCCCCC/C=C/CCCCCCCC(=O)OC[C@H](COP(=O)(O)OC1C(O)C(O)C(O)[C@@H](O)C1O)OC(=O)CCC/C=C/CCCCCCCCCCCCCCCCCCCC. The van der Waals surface area contributed by atoms with E-state index in [0.717, 1.165) is 51.4 Å². The highest BCUT2D eigenvalue weighted by Gasteiger charge is 2.51. The third-order valence-electron chi connectivity index (χ3n) is 12.8. The Hall–Kier alpha value is -1.67. The lowest BCUT2D eigenvalue weighted by atomic mass is 9.85. The average Bonchev–Trinajstić information content (AvgIpc) is 3.31. The van der Waals surface area contributed by atoms with Gasteiger partial charge >= 0.3 is 19.8 Å². The van der Waals surface area contributed by atoms with E-state index in [9.17, 15) is 44.6 Å². The van der Waals surface area contributed by atoms with Crippen LogP contribution in [0.5, 0.6) is 0 Å². The van der Waals surface area contributed by atoms with E-state index in [4.69, 9.17) is 18.5 Å². The minimum absolute atomic E-state index is 0.0503. The predicted octanol–water partition coefficient (Wildman–Crippen LogP) is 12.0. The number of esters is 2. The summed E-state index contributed by atoms with van der Waals surface area (Å²) in [5.41, 5.74) is 0. The number of carbonyl (C=O) groups excluding carboxylic acids is 2. The molecule has 1 rings (SSSR count). The van der Waals surface area contributed by atoms with Gasteiger partial charge in [-0.15, -0.1) is 0 Å². The van der Waals surface area contributed by atoms with Crippen molar-refractivity contribution in [2.45, 2.75) is 288 Å². The normalized spacial score (nSPS) is 21.3. The predicted molar refractivity (Wildman–Crippen MR) is 267 cm³/mol. The molecule has 0 bridgehead atoms. The van der Waals surface area contributed by atoms with Crippen LogP contribution in [-0.4, -0.2) is 98.3 Å². The van der Waals surface area contributed by atoms with Crippen molar-refractivity contribution in [1.29, 1.82) is 0 Å². The highest BCUT2D eigenvalue weighted by Crippen LogP contribution is 2.47. The lowest BCUT2D eigenvalue weighted by Gasteiger charge is -2.41. The first-order chi connectivity index (χ1) is 32.4. The molecule has 0 radical (unpaired) electrons.